The van der Waals surface area contributed by atoms with Crippen molar-refractivity contribution in [3.05, 3.63) is 122 Å². The predicted molar refractivity (Wildman–Crippen MR) is 427 cm³/mol. The van der Waals surface area contributed by atoms with Crippen molar-refractivity contribution in [3.63, 3.8) is 0 Å². The fourth-order valence-electron chi connectivity index (χ4n) is 10.7. The Morgan fingerprint density at radius 3 is 0.808 bits per heavy atom. The van der Waals surface area contributed by atoms with E-state index in [1.807, 2.05) is 0 Å². The molecule has 0 spiro atoms. The smallest absolute Gasteiger partial charge is 0.462 e. The lowest BCUT2D eigenvalue weighted by Crippen LogP contribution is -2.30. The molecule has 5 unspecified atom stereocenters. The van der Waals surface area contributed by atoms with Crippen LogP contribution >= 0.6 is 15.6 Å². The molecule has 0 amide bonds. The molecule has 3 N–H and O–H groups in total. The van der Waals surface area contributed by atoms with Gasteiger partial charge in [0.2, 0.25) is 0 Å². The van der Waals surface area contributed by atoms with Crippen LogP contribution < -0.4 is 0 Å². The Balaban J connectivity index is 5.42. The van der Waals surface area contributed by atoms with Crippen LogP contribution in [0.1, 0.15) is 336 Å². The van der Waals surface area contributed by atoms with Crippen LogP contribution in [-0.4, -0.2) is 96.7 Å². The third kappa shape index (κ3) is 75.7. The van der Waals surface area contributed by atoms with E-state index in [0.717, 1.165) is 180 Å². The number of phosphoric ester groups is 2. The zero-order valence-electron chi connectivity index (χ0n) is 65.4. The van der Waals surface area contributed by atoms with Gasteiger partial charge in [-0.05, 0) is 161 Å². The summed E-state index contributed by atoms with van der Waals surface area (Å²) in [5.41, 5.74) is 0. The average Bonchev–Trinajstić information content (AvgIpc) is 0.918. The molecule has 0 saturated carbocycles. The summed E-state index contributed by atoms with van der Waals surface area (Å²) >= 11 is 0. The molecule has 0 aromatic carbocycles. The number of aliphatic hydroxyl groups is 1. The van der Waals surface area contributed by atoms with Gasteiger partial charge < -0.3 is 33.8 Å². The van der Waals surface area contributed by atoms with Crippen molar-refractivity contribution in [2.75, 3.05) is 39.6 Å². The maximum Gasteiger partial charge on any atom is 0.472 e. The van der Waals surface area contributed by atoms with Gasteiger partial charge in [0.05, 0.1) is 26.4 Å². The normalized spacial score (nSPS) is 14.5. The maximum absolute atomic E-state index is 13.1. The standard InChI is InChI=1S/C85H146O17P2/c1-5-9-13-17-21-25-29-33-37-38-39-40-44-46-50-54-58-62-66-70-83(88)96-76-81(102-85(90)72-68-64-60-56-52-48-43-36-32-28-24-20-16-12-8-4)78-100-104(93,94)98-74-79(86)73-97-103(91,92)99-77-80(101-84(89)71-67-63-59-55-51-47-42-35-31-27-23-19-15-11-7-3)75-95-82(87)69-65-61-57-53-49-45-41-34-30-26-22-18-14-10-6-2/h9,13,21-23,25-27,33-37,39-43,46,50,79-81,86H,5-8,10-12,14-20,24,28-32,38,44-45,47-49,51-78H2,1-4H3,(H,91,92)(H,93,94)/b13-9-,25-21-,26-22-,27-23-,37-33-,40-39-,41-34-,42-35-,43-36-,50-46-. The molecular weight excluding hydrogens is 1350 g/mol. The van der Waals surface area contributed by atoms with Crippen LogP contribution in [0.3, 0.4) is 0 Å². The second kappa shape index (κ2) is 76.6. The first-order valence-corrected chi connectivity index (χ1v) is 43.8. The van der Waals surface area contributed by atoms with E-state index in [4.69, 9.17) is 37.0 Å². The Morgan fingerprint density at radius 2 is 0.500 bits per heavy atom. The Labute approximate surface area is 632 Å². The Morgan fingerprint density at radius 1 is 0.279 bits per heavy atom. The molecule has 0 saturated heterocycles. The minimum absolute atomic E-state index is 0.0739. The lowest BCUT2D eigenvalue weighted by molar-refractivity contribution is -0.161. The second-order valence-corrected chi connectivity index (χ2v) is 29.9. The summed E-state index contributed by atoms with van der Waals surface area (Å²) in [4.78, 5) is 73.1. The first-order chi connectivity index (χ1) is 50.7. The van der Waals surface area contributed by atoms with E-state index in [1.165, 1.54) is 77.0 Å². The molecule has 0 rings (SSSR count). The SMILES string of the molecule is CC/C=C\C/C=C\C/C=C\C/C=C\C/C=C\CCCCCC(=O)OCC(COP(=O)(O)OCC(O)COP(=O)(O)OCC(COC(=O)CCCCCCC/C=C\C/C=C\CCCCC)OC(=O)CCCCCCC/C=C\C/C=C\CCCCC)OC(=O)CCCCCCC/C=C\CCCCCCCC. The highest BCUT2D eigenvalue weighted by Crippen LogP contribution is 2.45. The third-order valence-corrected chi connectivity index (χ3v) is 18.8. The molecule has 0 fully saturated rings. The number of hydrogen-bond acceptors (Lipinski definition) is 15. The van der Waals surface area contributed by atoms with E-state index in [2.05, 4.69) is 149 Å². The molecule has 0 aliphatic rings. The van der Waals surface area contributed by atoms with Crippen molar-refractivity contribution in [2.45, 2.75) is 354 Å². The predicted octanol–water partition coefficient (Wildman–Crippen LogP) is 23.9. The summed E-state index contributed by atoms with van der Waals surface area (Å²) in [7, 11) is -9.98. The summed E-state index contributed by atoms with van der Waals surface area (Å²) in [6, 6.07) is 0. The van der Waals surface area contributed by atoms with Crippen molar-refractivity contribution in [2.24, 2.45) is 0 Å². The van der Waals surface area contributed by atoms with Crippen molar-refractivity contribution in [3.8, 4) is 0 Å². The molecule has 0 aromatic rings. The molecule has 19 heteroatoms. The number of ether oxygens (including phenoxy) is 4. The molecular formula is C85H146O17P2. The Kier molecular flexibility index (Phi) is 73.3. The van der Waals surface area contributed by atoms with Crippen LogP contribution in [0, 0.1) is 0 Å². The van der Waals surface area contributed by atoms with Gasteiger partial charge in [0.15, 0.2) is 12.2 Å². The van der Waals surface area contributed by atoms with Gasteiger partial charge in [0.1, 0.15) is 19.3 Å². The van der Waals surface area contributed by atoms with E-state index < -0.39 is 97.5 Å². The van der Waals surface area contributed by atoms with E-state index >= 15 is 0 Å². The fourth-order valence-corrected chi connectivity index (χ4v) is 12.2. The highest BCUT2D eigenvalue weighted by atomic mass is 31.2. The lowest BCUT2D eigenvalue weighted by Gasteiger charge is -2.21. The maximum atomic E-state index is 13.1. The molecule has 0 radical (unpaired) electrons. The van der Waals surface area contributed by atoms with Crippen molar-refractivity contribution in [1.82, 2.24) is 0 Å². The van der Waals surface area contributed by atoms with Gasteiger partial charge in [-0.15, -0.1) is 0 Å². The average molecular weight is 1500 g/mol. The van der Waals surface area contributed by atoms with Crippen LogP contribution in [0.15, 0.2) is 122 Å². The minimum Gasteiger partial charge on any atom is -0.462 e. The van der Waals surface area contributed by atoms with Gasteiger partial charge in [-0.25, -0.2) is 9.13 Å². The molecule has 0 heterocycles. The van der Waals surface area contributed by atoms with Gasteiger partial charge in [0.25, 0.3) is 0 Å². The van der Waals surface area contributed by atoms with Gasteiger partial charge in [-0.2, -0.15) is 0 Å². The van der Waals surface area contributed by atoms with Gasteiger partial charge in [-0.1, -0.05) is 271 Å². The molecule has 17 nitrogen and oxygen atoms in total. The zero-order chi connectivity index (χ0) is 76.0. The Hall–Kier alpha value is -4.54. The number of unbranched alkanes of at least 4 members (excludes halogenated alkanes) is 30. The van der Waals surface area contributed by atoms with E-state index in [1.54, 1.807) is 0 Å². The Bertz CT molecular complexity index is 2440. The summed E-state index contributed by atoms with van der Waals surface area (Å²) in [5.74, 6) is -2.24. The molecule has 0 aliphatic carbocycles. The summed E-state index contributed by atoms with van der Waals surface area (Å²) in [5, 5.41) is 10.6. The minimum atomic E-state index is -4.99. The number of esters is 4. The number of rotatable bonds is 76. The molecule has 104 heavy (non-hydrogen) atoms. The number of carbonyl (C=O) groups excluding carboxylic acids is 4. The van der Waals surface area contributed by atoms with E-state index in [9.17, 15) is 43.2 Å². The lowest BCUT2D eigenvalue weighted by atomic mass is 10.1. The number of carbonyl (C=O) groups is 4. The van der Waals surface area contributed by atoms with Crippen molar-refractivity contribution >= 4 is 39.5 Å². The summed E-state index contributed by atoms with van der Waals surface area (Å²) < 4.78 is 68.6. The number of hydrogen-bond donors (Lipinski definition) is 3. The van der Waals surface area contributed by atoms with Crippen molar-refractivity contribution < 1.29 is 80.2 Å². The van der Waals surface area contributed by atoms with Crippen LogP contribution in [0.5, 0.6) is 0 Å². The van der Waals surface area contributed by atoms with Crippen LogP contribution in [0.2, 0.25) is 0 Å². The van der Waals surface area contributed by atoms with Crippen molar-refractivity contribution in [1.29, 1.82) is 0 Å². The summed E-state index contributed by atoms with van der Waals surface area (Å²) in [6.45, 7) is 4.65. The second-order valence-electron chi connectivity index (χ2n) is 27.0. The van der Waals surface area contributed by atoms with Gasteiger partial charge in [0, 0.05) is 25.7 Å². The largest absolute Gasteiger partial charge is 0.472 e. The van der Waals surface area contributed by atoms with E-state index in [-0.39, 0.29) is 25.7 Å². The number of phosphoric acid groups is 2. The molecule has 0 aromatic heterocycles. The fraction of sp³-hybridized carbons (Fsp3) is 0.718. The first-order valence-electron chi connectivity index (χ1n) is 40.8. The van der Waals surface area contributed by atoms with Gasteiger partial charge >= 0.3 is 39.5 Å². The quantitative estimate of drug-likeness (QED) is 0.0169. The molecule has 0 aliphatic heterocycles. The van der Waals surface area contributed by atoms with Gasteiger partial charge in [-0.3, -0.25) is 37.3 Å². The van der Waals surface area contributed by atoms with Crippen LogP contribution in [0.25, 0.3) is 0 Å². The number of aliphatic hydroxyl groups excluding tert-OH is 1. The van der Waals surface area contributed by atoms with Crippen LogP contribution in [0.4, 0.5) is 0 Å². The highest BCUT2D eigenvalue weighted by molar-refractivity contribution is 7.47. The number of allylic oxidation sites excluding steroid dienone is 20. The third-order valence-electron chi connectivity index (χ3n) is 16.9. The topological polar surface area (TPSA) is 237 Å². The monoisotopic (exact) mass is 1500 g/mol. The molecule has 598 valence electrons. The molecule has 0 bridgehead atoms. The van der Waals surface area contributed by atoms with E-state index in [0.29, 0.717) is 25.7 Å². The summed E-state index contributed by atoms with van der Waals surface area (Å²) in [6.07, 6.45) is 84.5. The molecule has 5 atom stereocenters. The van der Waals surface area contributed by atoms with Crippen LogP contribution in [-0.2, 0) is 65.4 Å². The zero-order valence-corrected chi connectivity index (χ0v) is 67.2. The highest BCUT2D eigenvalue weighted by Gasteiger charge is 2.30. The first kappa shape index (κ1) is 99.5.